The van der Waals surface area contributed by atoms with Crippen molar-refractivity contribution in [3.05, 3.63) is 59.0 Å². The van der Waals surface area contributed by atoms with Crippen LogP contribution in [0.25, 0.3) is 5.76 Å². The molecule has 1 N–H and O–H groups in total. The fraction of sp³-hybridized carbons (Fsp3) is 0.0667. The number of hydrogen-bond acceptors (Lipinski definition) is 4. The molecule has 0 atom stereocenters. The predicted molar refractivity (Wildman–Crippen MR) is 78.9 cm³/mol. The van der Waals surface area contributed by atoms with E-state index in [1.165, 1.54) is 24.3 Å². The lowest BCUT2D eigenvalue weighted by atomic mass is 10.1. The zero-order chi connectivity index (χ0) is 17.0. The third-order valence-electron chi connectivity index (χ3n) is 2.70. The summed E-state index contributed by atoms with van der Waals surface area (Å²) in [7, 11) is 0. The third-order valence-corrected chi connectivity index (χ3v) is 3.02. The molecule has 120 valence electrons. The molecule has 1 heterocycles. The Morgan fingerprint density at radius 1 is 1.22 bits per heavy atom. The molecular formula is C15H9ClF3NO3. The Hall–Kier alpha value is -2.54. The highest BCUT2D eigenvalue weighted by Gasteiger charge is 2.42. The number of furan rings is 1. The maximum atomic E-state index is 12.7. The number of aliphatic hydroxyl groups is 1. The zero-order valence-corrected chi connectivity index (χ0v) is 12.1. The Labute approximate surface area is 133 Å². The van der Waals surface area contributed by atoms with Crippen LogP contribution >= 0.6 is 11.6 Å². The van der Waals surface area contributed by atoms with Gasteiger partial charge in [0.15, 0.2) is 11.5 Å². The lowest BCUT2D eigenvalue weighted by Crippen LogP contribution is -2.26. The summed E-state index contributed by atoms with van der Waals surface area (Å²) in [6, 6.07) is 8.67. The monoisotopic (exact) mass is 343 g/mol. The first kappa shape index (κ1) is 16.8. The smallest absolute Gasteiger partial charge is 0.455 e. The van der Waals surface area contributed by atoms with Gasteiger partial charge in [0.05, 0.1) is 22.5 Å². The van der Waals surface area contributed by atoms with E-state index >= 15 is 0 Å². The Balaban J connectivity index is 2.49. The number of nitrogens with zero attached hydrogens (tertiary/aromatic N) is 1. The third kappa shape index (κ3) is 4.01. The van der Waals surface area contributed by atoms with Gasteiger partial charge in [-0.3, -0.25) is 9.79 Å². The van der Waals surface area contributed by atoms with Gasteiger partial charge < -0.3 is 9.52 Å². The van der Waals surface area contributed by atoms with Crippen molar-refractivity contribution in [1.82, 2.24) is 0 Å². The molecule has 0 radical (unpaired) electrons. The molecule has 8 heteroatoms. The van der Waals surface area contributed by atoms with Crippen LogP contribution in [0.4, 0.5) is 18.9 Å². The Kier molecular flexibility index (Phi) is 4.90. The van der Waals surface area contributed by atoms with Crippen molar-refractivity contribution in [2.24, 2.45) is 4.99 Å². The minimum Gasteiger partial charge on any atom is -0.504 e. The van der Waals surface area contributed by atoms with E-state index in [1.54, 1.807) is 12.1 Å². The number of aliphatic hydroxyl groups excluding tert-OH is 1. The quantitative estimate of drug-likeness (QED) is 0.495. The van der Waals surface area contributed by atoms with E-state index in [4.69, 9.17) is 16.0 Å². The number of aliphatic imine (C=N–C) groups is 1. The van der Waals surface area contributed by atoms with E-state index in [9.17, 15) is 23.1 Å². The number of alkyl halides is 3. The van der Waals surface area contributed by atoms with Crippen LogP contribution in [0, 0.1) is 0 Å². The number of Topliss-reactive ketones (excluding diaryl/α,β-unsaturated/α-hetero) is 1. The molecule has 0 aliphatic rings. The molecule has 0 bridgehead atoms. The van der Waals surface area contributed by atoms with E-state index < -0.39 is 23.3 Å². The maximum absolute atomic E-state index is 12.7. The van der Waals surface area contributed by atoms with Crippen molar-refractivity contribution >= 4 is 35.0 Å². The van der Waals surface area contributed by atoms with Crippen molar-refractivity contribution in [1.29, 1.82) is 0 Å². The van der Waals surface area contributed by atoms with E-state index in [0.29, 0.717) is 6.21 Å². The van der Waals surface area contributed by atoms with Gasteiger partial charge >= 0.3 is 6.18 Å². The first-order chi connectivity index (χ1) is 10.8. The van der Waals surface area contributed by atoms with Crippen molar-refractivity contribution in [2.45, 2.75) is 6.18 Å². The summed E-state index contributed by atoms with van der Waals surface area (Å²) in [6.45, 7) is 0. The molecule has 0 saturated carbocycles. The van der Waals surface area contributed by atoms with Crippen LogP contribution in [-0.2, 0) is 4.79 Å². The van der Waals surface area contributed by atoms with Gasteiger partial charge in [-0.2, -0.15) is 13.2 Å². The highest BCUT2D eigenvalue weighted by Crippen LogP contribution is 2.27. The largest absolute Gasteiger partial charge is 0.504 e. The van der Waals surface area contributed by atoms with Gasteiger partial charge in [0, 0.05) is 6.21 Å². The summed E-state index contributed by atoms with van der Waals surface area (Å²) in [5, 5.41) is 10.1. The molecule has 0 spiro atoms. The van der Waals surface area contributed by atoms with Crippen LogP contribution in [-0.4, -0.2) is 23.3 Å². The van der Waals surface area contributed by atoms with E-state index in [0.717, 1.165) is 6.26 Å². The number of rotatable bonds is 4. The van der Waals surface area contributed by atoms with Crippen molar-refractivity contribution in [2.75, 3.05) is 0 Å². The Bertz CT molecular complexity index is 765. The topological polar surface area (TPSA) is 62.8 Å². The fourth-order valence-corrected chi connectivity index (χ4v) is 1.80. The molecule has 2 aromatic rings. The average Bonchev–Trinajstić information content (AvgIpc) is 3.02. The summed E-state index contributed by atoms with van der Waals surface area (Å²) in [6.07, 6.45) is -3.43. The Morgan fingerprint density at radius 3 is 2.48 bits per heavy atom. The van der Waals surface area contributed by atoms with Gasteiger partial charge in [-0.1, -0.05) is 23.7 Å². The molecule has 0 aliphatic carbocycles. The number of halogens is 4. The molecule has 0 amide bonds. The standard InChI is InChI=1S/C15H9ClF3NO3/c16-10-4-1-2-5-11(10)20-8-9(14(22)15(17,18)19)13(21)12-6-3-7-23-12/h1-8,21H/b13-9+,20-8?. The van der Waals surface area contributed by atoms with Crippen LogP contribution in [0.5, 0.6) is 0 Å². The number of benzene rings is 1. The van der Waals surface area contributed by atoms with Gasteiger partial charge in [-0.25, -0.2) is 0 Å². The second-order valence-electron chi connectivity index (χ2n) is 4.28. The lowest BCUT2D eigenvalue weighted by molar-refractivity contribution is -0.165. The van der Waals surface area contributed by atoms with Gasteiger partial charge in [0.1, 0.15) is 0 Å². The molecule has 1 aromatic carbocycles. The summed E-state index contributed by atoms with van der Waals surface area (Å²) < 4.78 is 42.9. The summed E-state index contributed by atoms with van der Waals surface area (Å²) in [4.78, 5) is 15.2. The molecule has 4 nitrogen and oxygen atoms in total. The summed E-state index contributed by atoms with van der Waals surface area (Å²) in [5.41, 5.74) is -0.902. The molecule has 0 aliphatic heterocycles. The number of allylic oxidation sites excluding steroid dienone is 1. The van der Waals surface area contributed by atoms with Crippen LogP contribution in [0.1, 0.15) is 5.76 Å². The highest BCUT2D eigenvalue weighted by atomic mass is 35.5. The molecule has 0 saturated heterocycles. The van der Waals surface area contributed by atoms with Crippen molar-refractivity contribution in [3.8, 4) is 0 Å². The van der Waals surface area contributed by atoms with E-state index in [-0.39, 0.29) is 16.5 Å². The minimum atomic E-state index is -5.18. The second kappa shape index (κ2) is 6.70. The predicted octanol–water partition coefficient (Wildman–Crippen LogP) is 4.74. The van der Waals surface area contributed by atoms with E-state index in [1.807, 2.05) is 0 Å². The summed E-state index contributed by atoms with van der Waals surface area (Å²) >= 11 is 5.84. The molecule has 0 unspecified atom stereocenters. The molecule has 1 aromatic heterocycles. The zero-order valence-electron chi connectivity index (χ0n) is 11.3. The average molecular weight is 344 g/mol. The number of para-hydroxylation sites is 1. The fourth-order valence-electron chi connectivity index (χ4n) is 1.62. The highest BCUT2D eigenvalue weighted by molar-refractivity contribution is 6.33. The van der Waals surface area contributed by atoms with Crippen molar-refractivity contribution in [3.63, 3.8) is 0 Å². The van der Waals surface area contributed by atoms with Crippen LogP contribution < -0.4 is 0 Å². The lowest BCUT2D eigenvalue weighted by Gasteiger charge is -2.07. The van der Waals surface area contributed by atoms with Crippen LogP contribution in [0.3, 0.4) is 0 Å². The SMILES string of the molecule is O=C(/C(C=Nc1ccccc1Cl)=C(/O)c1ccco1)C(F)(F)F. The van der Waals surface area contributed by atoms with Gasteiger partial charge in [-0.05, 0) is 24.3 Å². The first-order valence-electron chi connectivity index (χ1n) is 6.18. The van der Waals surface area contributed by atoms with Gasteiger partial charge in [0.25, 0.3) is 5.78 Å². The van der Waals surface area contributed by atoms with Crippen LogP contribution in [0.2, 0.25) is 5.02 Å². The van der Waals surface area contributed by atoms with Gasteiger partial charge in [-0.15, -0.1) is 0 Å². The molecular weight excluding hydrogens is 335 g/mol. The second-order valence-corrected chi connectivity index (χ2v) is 4.68. The number of carbonyl (C=O) groups is 1. The molecule has 0 fully saturated rings. The minimum absolute atomic E-state index is 0.147. The number of hydrogen-bond donors (Lipinski definition) is 1. The summed E-state index contributed by atoms with van der Waals surface area (Å²) in [5.74, 6) is -3.50. The molecule has 2 rings (SSSR count). The van der Waals surface area contributed by atoms with Crippen LogP contribution in [0.15, 0.2) is 57.6 Å². The maximum Gasteiger partial charge on any atom is 0.455 e. The normalized spacial score (nSPS) is 13.2. The van der Waals surface area contributed by atoms with E-state index in [2.05, 4.69) is 4.99 Å². The van der Waals surface area contributed by atoms with Crippen molar-refractivity contribution < 1.29 is 27.5 Å². The first-order valence-corrected chi connectivity index (χ1v) is 6.55. The number of carbonyl (C=O) groups excluding carboxylic acids is 1. The molecule has 23 heavy (non-hydrogen) atoms. The van der Waals surface area contributed by atoms with Gasteiger partial charge in [0.2, 0.25) is 0 Å². The number of ketones is 1. The Morgan fingerprint density at radius 2 is 1.91 bits per heavy atom.